The molecule has 0 aliphatic heterocycles. The van der Waals surface area contributed by atoms with Gasteiger partial charge >= 0.3 is 5.97 Å². The molecule has 0 saturated heterocycles. The van der Waals surface area contributed by atoms with Gasteiger partial charge in [0, 0.05) is 6.42 Å². The molecular weight excluding hydrogens is 404 g/mol. The van der Waals surface area contributed by atoms with Gasteiger partial charge in [0.05, 0.1) is 0 Å². The number of carbonyl (C=O) groups excluding carboxylic acids is 1. The van der Waals surface area contributed by atoms with E-state index in [0.29, 0.717) is 6.42 Å². The fourth-order valence-electron chi connectivity index (χ4n) is 4.85. The lowest BCUT2D eigenvalue weighted by Gasteiger charge is -2.34. The lowest BCUT2D eigenvalue weighted by Crippen LogP contribution is -2.32. The van der Waals surface area contributed by atoms with E-state index in [9.17, 15) is 4.79 Å². The van der Waals surface area contributed by atoms with Crippen LogP contribution in [0.25, 0.3) is 0 Å². The van der Waals surface area contributed by atoms with Gasteiger partial charge in [0.2, 0.25) is 0 Å². The van der Waals surface area contributed by atoms with E-state index in [1.54, 1.807) is 0 Å². The van der Waals surface area contributed by atoms with E-state index < -0.39 is 5.60 Å². The predicted molar refractivity (Wildman–Crippen MR) is 144 cm³/mol. The number of unbranched alkanes of at least 4 members (excludes halogenated alkanes) is 15. The van der Waals surface area contributed by atoms with Crippen LogP contribution in [0.15, 0.2) is 30.3 Å². The van der Waals surface area contributed by atoms with E-state index in [-0.39, 0.29) is 5.97 Å². The normalized spacial score (nSPS) is 13.1. The Morgan fingerprint density at radius 1 is 0.606 bits per heavy atom. The molecule has 0 aromatic heterocycles. The summed E-state index contributed by atoms with van der Waals surface area (Å²) in [6.45, 7) is 6.40. The second-order valence-electron chi connectivity index (χ2n) is 9.99. The lowest BCUT2D eigenvalue weighted by molar-refractivity contribution is -0.163. The first-order chi connectivity index (χ1) is 16.2. The minimum atomic E-state index is -0.444. The standard InChI is InChI=1S/C31H54O2/c1-4-7-9-10-11-12-13-14-15-16-17-18-19-20-24-28-31(27-8-5-2,33-30(32)6-3)29-25-22-21-23-26-29/h21-23,25-26H,4-20,24,27-28H2,1-3H3. The second kappa shape index (κ2) is 20.1. The molecule has 0 N–H and O–H groups in total. The molecule has 0 spiro atoms. The van der Waals surface area contributed by atoms with Crippen LogP contribution in [-0.4, -0.2) is 5.97 Å². The zero-order valence-corrected chi connectivity index (χ0v) is 22.3. The van der Waals surface area contributed by atoms with Crippen molar-refractivity contribution in [3.63, 3.8) is 0 Å². The minimum Gasteiger partial charge on any atom is -0.454 e. The molecule has 1 unspecified atom stereocenters. The van der Waals surface area contributed by atoms with E-state index in [1.807, 2.05) is 13.0 Å². The molecule has 0 saturated carbocycles. The smallest absolute Gasteiger partial charge is 0.306 e. The SMILES string of the molecule is CCCCCCCCCCCCCCCCCC(CCCC)(OC(=O)CC)c1ccccc1. The van der Waals surface area contributed by atoms with Crippen LogP contribution in [-0.2, 0) is 15.1 Å². The van der Waals surface area contributed by atoms with Gasteiger partial charge in [-0.05, 0) is 31.2 Å². The van der Waals surface area contributed by atoms with Gasteiger partial charge in [-0.25, -0.2) is 0 Å². The zero-order valence-electron chi connectivity index (χ0n) is 22.3. The Bertz CT molecular complexity index is 568. The van der Waals surface area contributed by atoms with Crippen molar-refractivity contribution in [3.8, 4) is 0 Å². The van der Waals surface area contributed by atoms with Crippen LogP contribution in [0, 0.1) is 0 Å². The number of rotatable bonds is 22. The van der Waals surface area contributed by atoms with Crippen molar-refractivity contribution in [2.45, 2.75) is 155 Å². The van der Waals surface area contributed by atoms with Gasteiger partial charge in [-0.2, -0.15) is 0 Å². The summed E-state index contributed by atoms with van der Waals surface area (Å²) in [5.41, 5.74) is 0.728. The number of hydrogen-bond acceptors (Lipinski definition) is 2. The number of hydrogen-bond donors (Lipinski definition) is 0. The van der Waals surface area contributed by atoms with Gasteiger partial charge in [0.1, 0.15) is 5.60 Å². The Kier molecular flexibility index (Phi) is 18.1. The molecular formula is C31H54O2. The highest BCUT2D eigenvalue weighted by molar-refractivity contribution is 5.69. The Morgan fingerprint density at radius 2 is 1.03 bits per heavy atom. The summed E-state index contributed by atoms with van der Waals surface area (Å²) >= 11 is 0. The van der Waals surface area contributed by atoms with Gasteiger partial charge in [0.15, 0.2) is 0 Å². The molecule has 190 valence electrons. The number of esters is 1. The van der Waals surface area contributed by atoms with E-state index >= 15 is 0 Å². The Labute approximate surface area is 206 Å². The van der Waals surface area contributed by atoms with Crippen molar-refractivity contribution in [3.05, 3.63) is 35.9 Å². The molecule has 0 aliphatic carbocycles. The van der Waals surface area contributed by atoms with E-state index in [1.165, 1.54) is 95.5 Å². The average Bonchev–Trinajstić information content (AvgIpc) is 2.85. The van der Waals surface area contributed by atoms with Crippen LogP contribution >= 0.6 is 0 Å². The Balaban J connectivity index is 2.27. The maximum Gasteiger partial charge on any atom is 0.306 e. The number of benzene rings is 1. The topological polar surface area (TPSA) is 26.3 Å². The summed E-state index contributed by atoms with van der Waals surface area (Å²) in [5.74, 6) is -0.0732. The monoisotopic (exact) mass is 458 g/mol. The lowest BCUT2D eigenvalue weighted by atomic mass is 9.83. The summed E-state index contributed by atoms with van der Waals surface area (Å²) in [7, 11) is 0. The molecule has 0 radical (unpaired) electrons. The van der Waals surface area contributed by atoms with E-state index in [0.717, 1.165) is 32.1 Å². The van der Waals surface area contributed by atoms with Gasteiger partial charge < -0.3 is 4.74 Å². The van der Waals surface area contributed by atoms with E-state index in [2.05, 4.69) is 38.1 Å². The van der Waals surface area contributed by atoms with Gasteiger partial charge in [0.25, 0.3) is 0 Å². The molecule has 2 nitrogen and oxygen atoms in total. The van der Waals surface area contributed by atoms with Crippen molar-refractivity contribution in [2.24, 2.45) is 0 Å². The molecule has 0 amide bonds. The van der Waals surface area contributed by atoms with Crippen molar-refractivity contribution in [2.75, 3.05) is 0 Å². The first-order valence-corrected chi connectivity index (χ1v) is 14.5. The summed E-state index contributed by atoms with van der Waals surface area (Å²) < 4.78 is 6.16. The molecule has 0 bridgehead atoms. The summed E-state index contributed by atoms with van der Waals surface area (Å²) in [6.07, 6.45) is 25.1. The third kappa shape index (κ3) is 13.9. The first kappa shape index (κ1) is 29.7. The fourth-order valence-corrected chi connectivity index (χ4v) is 4.85. The van der Waals surface area contributed by atoms with Crippen molar-refractivity contribution < 1.29 is 9.53 Å². The Morgan fingerprint density at radius 3 is 1.48 bits per heavy atom. The van der Waals surface area contributed by atoms with Crippen molar-refractivity contribution in [1.29, 1.82) is 0 Å². The van der Waals surface area contributed by atoms with Crippen LogP contribution in [0.2, 0.25) is 0 Å². The summed E-state index contributed by atoms with van der Waals surface area (Å²) in [5, 5.41) is 0. The maximum atomic E-state index is 12.3. The molecule has 33 heavy (non-hydrogen) atoms. The number of carbonyl (C=O) groups is 1. The molecule has 1 atom stereocenters. The predicted octanol–water partition coefficient (Wildman–Crippen LogP) is 10.3. The molecule has 0 fully saturated rings. The zero-order chi connectivity index (χ0) is 24.0. The van der Waals surface area contributed by atoms with Gasteiger partial charge in [-0.15, -0.1) is 0 Å². The molecule has 0 aliphatic rings. The van der Waals surface area contributed by atoms with Crippen molar-refractivity contribution in [1.82, 2.24) is 0 Å². The van der Waals surface area contributed by atoms with Gasteiger partial charge in [-0.1, -0.05) is 147 Å². The molecule has 1 aromatic carbocycles. The minimum absolute atomic E-state index is 0.0732. The van der Waals surface area contributed by atoms with Crippen LogP contribution in [0.5, 0.6) is 0 Å². The number of ether oxygens (including phenoxy) is 1. The molecule has 1 rings (SSSR count). The van der Waals surface area contributed by atoms with E-state index in [4.69, 9.17) is 4.74 Å². The highest BCUT2D eigenvalue weighted by Crippen LogP contribution is 2.37. The molecule has 1 aromatic rings. The molecule has 0 heterocycles. The Hall–Kier alpha value is -1.31. The highest BCUT2D eigenvalue weighted by Gasteiger charge is 2.34. The summed E-state index contributed by atoms with van der Waals surface area (Å²) in [4.78, 5) is 12.3. The first-order valence-electron chi connectivity index (χ1n) is 14.5. The highest BCUT2D eigenvalue weighted by atomic mass is 16.6. The molecule has 2 heteroatoms. The average molecular weight is 459 g/mol. The van der Waals surface area contributed by atoms with Crippen LogP contribution in [0.1, 0.15) is 155 Å². The van der Waals surface area contributed by atoms with Crippen LogP contribution in [0.3, 0.4) is 0 Å². The van der Waals surface area contributed by atoms with Crippen LogP contribution in [0.4, 0.5) is 0 Å². The third-order valence-corrected chi connectivity index (χ3v) is 7.02. The van der Waals surface area contributed by atoms with Crippen LogP contribution < -0.4 is 0 Å². The second-order valence-corrected chi connectivity index (χ2v) is 9.99. The largest absolute Gasteiger partial charge is 0.454 e. The third-order valence-electron chi connectivity index (χ3n) is 7.02. The van der Waals surface area contributed by atoms with Crippen molar-refractivity contribution >= 4 is 5.97 Å². The quantitative estimate of drug-likeness (QED) is 0.128. The maximum absolute atomic E-state index is 12.3. The summed E-state index contributed by atoms with van der Waals surface area (Å²) in [6, 6.07) is 10.5. The van der Waals surface area contributed by atoms with Gasteiger partial charge in [-0.3, -0.25) is 4.79 Å². The fraction of sp³-hybridized carbons (Fsp3) is 0.774.